The maximum absolute atomic E-state index is 5.94. The molecule has 18 heavy (non-hydrogen) atoms. The number of hydrogen-bond donors (Lipinski definition) is 2. The lowest BCUT2D eigenvalue weighted by Crippen LogP contribution is -2.54. The Morgan fingerprint density at radius 3 is 2.67 bits per heavy atom. The van der Waals surface area contributed by atoms with E-state index in [2.05, 4.69) is 51.7 Å². The molecule has 102 valence electrons. The fourth-order valence-electron chi connectivity index (χ4n) is 2.63. The number of hydrogen-bond acceptors (Lipinski definition) is 4. The highest BCUT2D eigenvalue weighted by molar-refractivity contribution is 9.10. The molecule has 0 aliphatic carbocycles. The summed E-state index contributed by atoms with van der Waals surface area (Å²) in [5.74, 6) is 0. The van der Waals surface area contributed by atoms with Gasteiger partial charge in [0.05, 0.1) is 6.04 Å². The molecule has 1 aliphatic heterocycles. The van der Waals surface area contributed by atoms with Crippen molar-refractivity contribution in [3.8, 4) is 0 Å². The first-order chi connectivity index (χ1) is 8.63. The van der Waals surface area contributed by atoms with Crippen LogP contribution in [0.3, 0.4) is 0 Å². The van der Waals surface area contributed by atoms with Crippen molar-refractivity contribution in [1.82, 2.24) is 10.4 Å². The third-order valence-electron chi connectivity index (χ3n) is 3.70. The van der Waals surface area contributed by atoms with Gasteiger partial charge in [0.1, 0.15) is 0 Å². The molecule has 3 nitrogen and oxygen atoms in total. The van der Waals surface area contributed by atoms with Gasteiger partial charge in [-0.15, -0.1) is 11.3 Å². The lowest BCUT2D eigenvalue weighted by molar-refractivity contribution is 0.0309. The SMILES string of the molecule is CC1CCCC(C)N1NC(CN)c1sccc1Br. The van der Waals surface area contributed by atoms with E-state index in [1.54, 1.807) is 11.3 Å². The van der Waals surface area contributed by atoms with Crippen molar-refractivity contribution in [2.24, 2.45) is 5.73 Å². The largest absolute Gasteiger partial charge is 0.329 e. The third-order valence-corrected chi connectivity index (χ3v) is 5.68. The summed E-state index contributed by atoms with van der Waals surface area (Å²) >= 11 is 5.36. The van der Waals surface area contributed by atoms with Gasteiger partial charge in [-0.3, -0.25) is 0 Å². The smallest absolute Gasteiger partial charge is 0.0691 e. The average Bonchev–Trinajstić information content (AvgIpc) is 2.76. The second-order valence-electron chi connectivity index (χ2n) is 5.09. The fourth-order valence-corrected chi connectivity index (χ4v) is 4.34. The van der Waals surface area contributed by atoms with Crippen LogP contribution in [-0.4, -0.2) is 23.6 Å². The molecule has 2 heterocycles. The van der Waals surface area contributed by atoms with Crippen LogP contribution >= 0.6 is 27.3 Å². The van der Waals surface area contributed by atoms with Gasteiger partial charge in [0, 0.05) is 28.0 Å². The second-order valence-corrected chi connectivity index (χ2v) is 6.89. The topological polar surface area (TPSA) is 41.3 Å². The molecule has 5 heteroatoms. The Kier molecular flexibility index (Phi) is 5.21. The van der Waals surface area contributed by atoms with Gasteiger partial charge in [0.2, 0.25) is 0 Å². The Morgan fingerprint density at radius 1 is 1.50 bits per heavy atom. The van der Waals surface area contributed by atoms with Crippen LogP contribution in [0.4, 0.5) is 0 Å². The highest BCUT2D eigenvalue weighted by Crippen LogP contribution is 2.30. The minimum Gasteiger partial charge on any atom is -0.329 e. The number of nitrogens with one attached hydrogen (secondary N) is 1. The van der Waals surface area contributed by atoms with E-state index in [0.29, 0.717) is 18.6 Å². The van der Waals surface area contributed by atoms with Crippen LogP contribution in [0.15, 0.2) is 15.9 Å². The van der Waals surface area contributed by atoms with Crippen LogP contribution in [0.25, 0.3) is 0 Å². The van der Waals surface area contributed by atoms with Crippen LogP contribution < -0.4 is 11.2 Å². The van der Waals surface area contributed by atoms with E-state index in [4.69, 9.17) is 5.73 Å². The van der Waals surface area contributed by atoms with Crippen LogP contribution in [0.1, 0.15) is 44.0 Å². The molecule has 0 spiro atoms. The normalized spacial score (nSPS) is 27.3. The first-order valence-corrected chi connectivity index (χ1v) is 8.28. The number of nitrogens with zero attached hydrogens (tertiary/aromatic N) is 1. The molecule has 1 saturated heterocycles. The second kappa shape index (κ2) is 6.48. The molecule has 0 saturated carbocycles. The highest BCUT2D eigenvalue weighted by Gasteiger charge is 2.27. The van der Waals surface area contributed by atoms with Gasteiger partial charge in [-0.1, -0.05) is 6.42 Å². The Bertz CT molecular complexity index is 372. The predicted octanol–water partition coefficient (Wildman–Crippen LogP) is 3.28. The molecule has 3 atom stereocenters. The predicted molar refractivity (Wildman–Crippen MR) is 81.6 cm³/mol. The first kappa shape index (κ1) is 14.5. The van der Waals surface area contributed by atoms with Crippen LogP contribution in [0.5, 0.6) is 0 Å². The number of piperidine rings is 1. The van der Waals surface area contributed by atoms with E-state index in [1.807, 2.05) is 0 Å². The lowest BCUT2D eigenvalue weighted by atomic mass is 9.99. The number of halogens is 1. The summed E-state index contributed by atoms with van der Waals surface area (Å²) in [6, 6.07) is 3.47. The molecular weight excluding hydrogens is 310 g/mol. The minimum absolute atomic E-state index is 0.211. The van der Waals surface area contributed by atoms with Gasteiger partial charge in [-0.2, -0.15) is 0 Å². The quantitative estimate of drug-likeness (QED) is 0.889. The van der Waals surface area contributed by atoms with E-state index < -0.39 is 0 Å². The van der Waals surface area contributed by atoms with Gasteiger partial charge in [0.15, 0.2) is 0 Å². The summed E-state index contributed by atoms with van der Waals surface area (Å²) in [7, 11) is 0. The van der Waals surface area contributed by atoms with Crippen LogP contribution in [-0.2, 0) is 0 Å². The Hall–Kier alpha value is 0.0600. The number of nitrogens with two attached hydrogens (primary N) is 1. The molecule has 1 fully saturated rings. The standard InChI is InChI=1S/C13H22BrN3S/c1-9-4-3-5-10(2)17(9)16-12(8-15)13-11(14)6-7-18-13/h6-7,9-10,12,16H,3-5,8,15H2,1-2H3. The highest BCUT2D eigenvalue weighted by atomic mass is 79.9. The van der Waals surface area contributed by atoms with Crippen LogP contribution in [0, 0.1) is 0 Å². The monoisotopic (exact) mass is 331 g/mol. The summed E-state index contributed by atoms with van der Waals surface area (Å²) in [5.41, 5.74) is 9.57. The lowest BCUT2D eigenvalue weighted by Gasteiger charge is -2.41. The molecular formula is C13H22BrN3S. The molecule has 1 aromatic rings. The molecule has 1 aliphatic rings. The minimum atomic E-state index is 0.211. The van der Waals surface area contributed by atoms with E-state index in [-0.39, 0.29) is 6.04 Å². The Labute approximate surface area is 122 Å². The van der Waals surface area contributed by atoms with Crippen molar-refractivity contribution in [3.05, 3.63) is 20.8 Å². The van der Waals surface area contributed by atoms with Crippen molar-refractivity contribution < 1.29 is 0 Å². The van der Waals surface area contributed by atoms with Crippen molar-refractivity contribution in [1.29, 1.82) is 0 Å². The summed E-state index contributed by atoms with van der Waals surface area (Å²) in [6.07, 6.45) is 3.86. The molecule has 3 N–H and O–H groups in total. The summed E-state index contributed by atoms with van der Waals surface area (Å²) in [4.78, 5) is 1.29. The van der Waals surface area contributed by atoms with Crippen molar-refractivity contribution >= 4 is 27.3 Å². The molecule has 2 rings (SSSR count). The molecule has 3 unspecified atom stereocenters. The Morgan fingerprint density at radius 2 is 2.17 bits per heavy atom. The summed E-state index contributed by atoms with van der Waals surface area (Å²) in [6.45, 7) is 5.20. The van der Waals surface area contributed by atoms with Crippen molar-refractivity contribution in [2.75, 3.05) is 6.54 Å². The zero-order valence-corrected chi connectivity index (χ0v) is 13.4. The van der Waals surface area contributed by atoms with Gasteiger partial charge >= 0.3 is 0 Å². The summed E-state index contributed by atoms with van der Waals surface area (Å²) < 4.78 is 1.16. The molecule has 0 bridgehead atoms. The molecule has 0 radical (unpaired) electrons. The van der Waals surface area contributed by atoms with Crippen molar-refractivity contribution in [3.63, 3.8) is 0 Å². The van der Waals surface area contributed by atoms with Gasteiger partial charge < -0.3 is 5.73 Å². The molecule has 0 aromatic carbocycles. The zero-order valence-electron chi connectivity index (χ0n) is 11.0. The van der Waals surface area contributed by atoms with Crippen molar-refractivity contribution in [2.45, 2.75) is 51.2 Å². The molecule has 1 aromatic heterocycles. The average molecular weight is 332 g/mol. The number of rotatable bonds is 4. The third kappa shape index (κ3) is 3.14. The summed E-state index contributed by atoms with van der Waals surface area (Å²) in [5, 5.41) is 4.50. The first-order valence-electron chi connectivity index (χ1n) is 6.61. The van der Waals surface area contributed by atoms with Gasteiger partial charge in [-0.25, -0.2) is 10.4 Å². The van der Waals surface area contributed by atoms with Gasteiger partial charge in [-0.05, 0) is 54.1 Å². The number of thiophene rings is 1. The van der Waals surface area contributed by atoms with E-state index >= 15 is 0 Å². The van der Waals surface area contributed by atoms with E-state index in [1.165, 1.54) is 24.1 Å². The maximum atomic E-state index is 5.94. The zero-order chi connectivity index (χ0) is 13.1. The Balaban J connectivity index is 2.08. The van der Waals surface area contributed by atoms with Crippen LogP contribution in [0.2, 0.25) is 0 Å². The molecule has 0 amide bonds. The fraction of sp³-hybridized carbons (Fsp3) is 0.692. The maximum Gasteiger partial charge on any atom is 0.0691 e. The van der Waals surface area contributed by atoms with E-state index in [0.717, 1.165) is 4.47 Å². The van der Waals surface area contributed by atoms with Gasteiger partial charge in [0.25, 0.3) is 0 Å². The number of hydrazine groups is 1. The van der Waals surface area contributed by atoms with E-state index in [9.17, 15) is 0 Å².